The number of carbonyl (C=O) groups excluding carboxylic acids is 1. The summed E-state index contributed by atoms with van der Waals surface area (Å²) in [6.45, 7) is 2.11. The van der Waals surface area contributed by atoms with Crippen LogP contribution in [0, 0.1) is 5.82 Å². The zero-order valence-electron chi connectivity index (χ0n) is 14.9. The van der Waals surface area contributed by atoms with Gasteiger partial charge in [-0.25, -0.2) is 13.9 Å². The Morgan fingerprint density at radius 2 is 2.26 bits per heavy atom. The fourth-order valence-corrected chi connectivity index (χ4v) is 3.60. The Hall–Kier alpha value is -2.59. The quantitative estimate of drug-likeness (QED) is 0.747. The average Bonchev–Trinajstić information content (AvgIpc) is 3.21. The maximum absolute atomic E-state index is 13.3. The van der Waals surface area contributed by atoms with Crippen LogP contribution >= 0.6 is 0 Å². The fraction of sp³-hybridized carbons (Fsp3) is 0.529. The molecular formula is C17H20FN5O4. The Kier molecular flexibility index (Phi) is 4.52. The first-order chi connectivity index (χ1) is 13.0. The van der Waals surface area contributed by atoms with Gasteiger partial charge in [0.25, 0.3) is 5.91 Å². The predicted octanol–water partition coefficient (Wildman–Crippen LogP) is 0.0404. The van der Waals surface area contributed by atoms with Gasteiger partial charge in [-0.05, 0) is 12.5 Å². The summed E-state index contributed by atoms with van der Waals surface area (Å²) >= 11 is 0. The second-order valence-corrected chi connectivity index (χ2v) is 6.84. The largest absolute Gasteiger partial charge is 0.383 e. The number of rotatable bonds is 4. The number of amides is 1. The van der Waals surface area contributed by atoms with Crippen molar-refractivity contribution in [2.45, 2.75) is 31.7 Å². The molecule has 1 unspecified atom stereocenters. The summed E-state index contributed by atoms with van der Waals surface area (Å²) in [4.78, 5) is 30.5. The Bertz CT molecular complexity index is 926. The third-order valence-corrected chi connectivity index (χ3v) is 5.02. The van der Waals surface area contributed by atoms with Crippen molar-refractivity contribution in [3.05, 3.63) is 46.1 Å². The zero-order valence-corrected chi connectivity index (χ0v) is 14.9. The van der Waals surface area contributed by atoms with E-state index in [-0.39, 0.29) is 23.8 Å². The van der Waals surface area contributed by atoms with Crippen LogP contribution in [0.25, 0.3) is 0 Å². The highest BCUT2D eigenvalue weighted by Crippen LogP contribution is 2.32. The molecule has 0 N–H and O–H groups in total. The van der Waals surface area contributed by atoms with Crippen LogP contribution in [0.1, 0.15) is 22.6 Å². The van der Waals surface area contributed by atoms with Crippen LogP contribution in [0.15, 0.2) is 23.3 Å². The summed E-state index contributed by atoms with van der Waals surface area (Å²) in [6, 6.07) is 1.17. The van der Waals surface area contributed by atoms with E-state index in [0.29, 0.717) is 45.0 Å². The molecule has 2 aliphatic rings. The predicted molar refractivity (Wildman–Crippen MR) is 90.6 cm³/mol. The number of methoxy groups -OCH3 is 1. The van der Waals surface area contributed by atoms with Gasteiger partial charge in [-0.1, -0.05) is 0 Å². The Morgan fingerprint density at radius 3 is 3.04 bits per heavy atom. The van der Waals surface area contributed by atoms with Crippen LogP contribution in [0.3, 0.4) is 0 Å². The summed E-state index contributed by atoms with van der Waals surface area (Å²) in [5, 5.41) is 4.29. The van der Waals surface area contributed by atoms with E-state index in [0.717, 1.165) is 6.20 Å². The highest BCUT2D eigenvalue weighted by atomic mass is 19.1. The minimum atomic E-state index is -0.637. The van der Waals surface area contributed by atoms with Gasteiger partial charge in [-0.15, -0.1) is 0 Å². The van der Waals surface area contributed by atoms with E-state index < -0.39 is 11.4 Å². The number of fused-ring (bicyclic) bond motifs is 1. The molecule has 0 aliphatic carbocycles. The maximum atomic E-state index is 13.3. The molecule has 27 heavy (non-hydrogen) atoms. The molecule has 1 amide bonds. The lowest BCUT2D eigenvalue weighted by Crippen LogP contribution is -2.47. The Morgan fingerprint density at radius 1 is 1.41 bits per heavy atom. The van der Waals surface area contributed by atoms with Gasteiger partial charge in [-0.2, -0.15) is 5.10 Å². The second-order valence-electron chi connectivity index (χ2n) is 6.84. The Balaban J connectivity index is 1.51. The third-order valence-electron chi connectivity index (χ3n) is 5.02. The van der Waals surface area contributed by atoms with Crippen molar-refractivity contribution in [1.82, 2.24) is 24.2 Å². The highest BCUT2D eigenvalue weighted by molar-refractivity contribution is 5.94. The first kappa shape index (κ1) is 17.8. The summed E-state index contributed by atoms with van der Waals surface area (Å²) in [5.41, 5.74) is -0.639. The molecule has 1 atom stereocenters. The summed E-state index contributed by atoms with van der Waals surface area (Å²) in [7, 11) is 1.57. The number of ether oxygens (including phenoxy) is 2. The molecule has 10 heteroatoms. The molecule has 1 saturated heterocycles. The Labute approximate surface area is 154 Å². The van der Waals surface area contributed by atoms with Crippen molar-refractivity contribution in [1.29, 1.82) is 0 Å². The summed E-state index contributed by atoms with van der Waals surface area (Å²) in [5.74, 6) is -0.277. The van der Waals surface area contributed by atoms with E-state index >= 15 is 0 Å². The van der Waals surface area contributed by atoms with Gasteiger partial charge in [0.2, 0.25) is 0 Å². The van der Waals surface area contributed by atoms with Crippen molar-refractivity contribution < 1.29 is 18.7 Å². The number of hydrogen-bond acceptors (Lipinski definition) is 6. The molecule has 2 aliphatic heterocycles. The lowest BCUT2D eigenvalue weighted by molar-refractivity contribution is -0.0816. The molecule has 4 heterocycles. The van der Waals surface area contributed by atoms with Crippen molar-refractivity contribution in [3.63, 3.8) is 0 Å². The van der Waals surface area contributed by atoms with E-state index in [1.165, 1.54) is 16.9 Å². The van der Waals surface area contributed by atoms with Crippen LogP contribution < -0.4 is 5.69 Å². The van der Waals surface area contributed by atoms with E-state index in [2.05, 4.69) is 10.1 Å². The number of halogens is 1. The van der Waals surface area contributed by atoms with Crippen molar-refractivity contribution in [2.75, 3.05) is 26.8 Å². The molecule has 2 aromatic rings. The van der Waals surface area contributed by atoms with Gasteiger partial charge in [0.15, 0.2) is 5.82 Å². The summed E-state index contributed by atoms with van der Waals surface area (Å²) in [6.07, 6.45) is 3.00. The molecule has 1 fully saturated rings. The number of hydrogen-bond donors (Lipinski definition) is 0. The van der Waals surface area contributed by atoms with Gasteiger partial charge in [-0.3, -0.25) is 14.3 Å². The topological polar surface area (TPSA) is 91.5 Å². The minimum Gasteiger partial charge on any atom is -0.383 e. The lowest BCUT2D eigenvalue weighted by atomic mass is 10.0. The minimum absolute atomic E-state index is 0.202. The fourth-order valence-electron chi connectivity index (χ4n) is 3.60. The first-order valence-electron chi connectivity index (χ1n) is 8.71. The van der Waals surface area contributed by atoms with Crippen LogP contribution in [0.5, 0.6) is 0 Å². The standard InChI is InChI=1S/C17H20FN5O4/c1-26-5-4-23-16(25)22-11-17(27-9-14(22)20-23)2-3-21(10-17)15(24)12-6-13(18)8-19-7-12/h6-8H,2-5,9-11H2,1H3. The van der Waals surface area contributed by atoms with Gasteiger partial charge in [0, 0.05) is 19.9 Å². The smallest absolute Gasteiger partial charge is 0.346 e. The van der Waals surface area contributed by atoms with Crippen LogP contribution in [-0.4, -0.2) is 62.5 Å². The number of pyridine rings is 1. The average molecular weight is 377 g/mol. The van der Waals surface area contributed by atoms with Crippen LogP contribution in [0.2, 0.25) is 0 Å². The zero-order chi connectivity index (χ0) is 19.0. The molecule has 0 radical (unpaired) electrons. The first-order valence-corrected chi connectivity index (χ1v) is 8.71. The van der Waals surface area contributed by atoms with E-state index in [9.17, 15) is 14.0 Å². The van der Waals surface area contributed by atoms with Crippen molar-refractivity contribution >= 4 is 5.91 Å². The molecule has 0 saturated carbocycles. The van der Waals surface area contributed by atoms with Gasteiger partial charge >= 0.3 is 5.69 Å². The molecule has 1 spiro atoms. The van der Waals surface area contributed by atoms with Crippen LogP contribution in [0.4, 0.5) is 4.39 Å². The van der Waals surface area contributed by atoms with Crippen molar-refractivity contribution in [3.8, 4) is 0 Å². The molecular weight excluding hydrogens is 357 g/mol. The van der Waals surface area contributed by atoms with E-state index in [4.69, 9.17) is 9.47 Å². The van der Waals surface area contributed by atoms with Gasteiger partial charge in [0.1, 0.15) is 18.0 Å². The molecule has 144 valence electrons. The third kappa shape index (κ3) is 3.26. The number of aromatic nitrogens is 4. The number of likely N-dealkylation sites (tertiary alicyclic amines) is 1. The van der Waals surface area contributed by atoms with Gasteiger partial charge < -0.3 is 14.4 Å². The monoisotopic (exact) mass is 377 g/mol. The summed E-state index contributed by atoms with van der Waals surface area (Å²) < 4.78 is 27.3. The molecule has 2 aromatic heterocycles. The number of carbonyl (C=O) groups is 1. The highest BCUT2D eigenvalue weighted by Gasteiger charge is 2.45. The molecule has 9 nitrogen and oxygen atoms in total. The van der Waals surface area contributed by atoms with E-state index in [1.807, 2.05) is 0 Å². The molecule has 4 rings (SSSR count). The number of nitrogens with zero attached hydrogens (tertiary/aromatic N) is 5. The van der Waals surface area contributed by atoms with Crippen molar-refractivity contribution in [2.24, 2.45) is 0 Å². The lowest BCUT2D eigenvalue weighted by Gasteiger charge is -2.33. The maximum Gasteiger partial charge on any atom is 0.346 e. The molecule has 0 aromatic carbocycles. The molecule has 0 bridgehead atoms. The van der Waals surface area contributed by atoms with Crippen LogP contribution in [-0.2, 0) is 29.2 Å². The second kappa shape index (κ2) is 6.86. The van der Waals surface area contributed by atoms with Gasteiger partial charge in [0.05, 0.1) is 38.0 Å². The SMILES string of the molecule is COCCn1nc2n(c1=O)CC1(CCN(C(=O)c3cncc(F)c3)C1)OC2. The van der Waals surface area contributed by atoms with E-state index in [1.54, 1.807) is 16.6 Å². The normalized spacial score (nSPS) is 21.6.